The quantitative estimate of drug-likeness (QED) is 0.652. The Kier molecular flexibility index (Phi) is 7.90. The van der Waals surface area contributed by atoms with Crippen LogP contribution in [0.15, 0.2) is 12.1 Å². The van der Waals surface area contributed by atoms with E-state index in [1.165, 1.54) is 0 Å². The molecule has 3 aliphatic heterocycles. The van der Waals surface area contributed by atoms with E-state index in [0.29, 0.717) is 31.7 Å². The van der Waals surface area contributed by atoms with Crippen molar-refractivity contribution in [3.8, 4) is 0 Å². The molecule has 2 atom stereocenters. The summed E-state index contributed by atoms with van der Waals surface area (Å²) in [6.45, 7) is 9.56. The first-order chi connectivity index (χ1) is 17.1. The van der Waals surface area contributed by atoms with Crippen LogP contribution in [-0.4, -0.2) is 77.6 Å². The number of pyridine rings is 1. The van der Waals surface area contributed by atoms with Gasteiger partial charge in [0.2, 0.25) is 11.8 Å². The fourth-order valence-corrected chi connectivity index (χ4v) is 5.25. The molecule has 0 aliphatic carbocycles. The first-order valence-corrected chi connectivity index (χ1v) is 13.2. The van der Waals surface area contributed by atoms with Gasteiger partial charge in [0.15, 0.2) is 0 Å². The lowest BCUT2D eigenvalue weighted by Gasteiger charge is -2.35. The molecule has 1 aromatic heterocycles. The van der Waals surface area contributed by atoms with Crippen LogP contribution in [0.4, 0.5) is 22.1 Å². The highest BCUT2D eigenvalue weighted by Gasteiger charge is 2.33. The van der Waals surface area contributed by atoms with Crippen LogP contribution >= 0.6 is 0 Å². The van der Waals surface area contributed by atoms with Crippen molar-refractivity contribution >= 4 is 35.2 Å². The molecule has 3 amide bonds. The molecule has 198 valence electrons. The third-order valence-electron chi connectivity index (χ3n) is 7.12. The zero-order valence-electron chi connectivity index (χ0n) is 21.8. The Morgan fingerprint density at radius 2 is 1.61 bits per heavy atom. The Hall–Kier alpha value is -3.04. The third kappa shape index (κ3) is 6.39. The Balaban J connectivity index is 1.35. The molecule has 0 saturated carbocycles. The Morgan fingerprint density at radius 1 is 0.944 bits per heavy atom. The van der Waals surface area contributed by atoms with Gasteiger partial charge in [-0.15, -0.1) is 0 Å². The molecule has 3 N–H and O–H groups in total. The van der Waals surface area contributed by atoms with Gasteiger partial charge in [-0.3, -0.25) is 9.59 Å². The molecule has 2 unspecified atom stereocenters. The maximum absolute atomic E-state index is 13.0. The van der Waals surface area contributed by atoms with Gasteiger partial charge in [0.25, 0.3) is 0 Å². The highest BCUT2D eigenvalue weighted by atomic mass is 16.6. The largest absolute Gasteiger partial charge is 0.444 e. The fourth-order valence-electron chi connectivity index (χ4n) is 5.25. The lowest BCUT2D eigenvalue weighted by atomic mass is 9.96. The second-order valence-electron chi connectivity index (χ2n) is 11.2. The van der Waals surface area contributed by atoms with Gasteiger partial charge >= 0.3 is 6.09 Å². The van der Waals surface area contributed by atoms with E-state index < -0.39 is 11.7 Å². The minimum Gasteiger partial charge on any atom is -0.444 e. The summed E-state index contributed by atoms with van der Waals surface area (Å²) in [4.78, 5) is 48.5. The Labute approximate surface area is 213 Å². The van der Waals surface area contributed by atoms with Crippen molar-refractivity contribution < 1.29 is 19.1 Å². The van der Waals surface area contributed by atoms with E-state index in [1.54, 1.807) is 11.0 Å². The number of likely N-dealkylation sites (tertiary alicyclic amines) is 2. The van der Waals surface area contributed by atoms with Crippen LogP contribution in [0.2, 0.25) is 0 Å². The number of ether oxygens (including phenoxy) is 1. The van der Waals surface area contributed by atoms with Gasteiger partial charge in [-0.1, -0.05) is 0 Å². The van der Waals surface area contributed by atoms with Gasteiger partial charge in [0.05, 0.1) is 17.5 Å². The van der Waals surface area contributed by atoms with Crippen molar-refractivity contribution in [3.05, 3.63) is 12.1 Å². The zero-order valence-corrected chi connectivity index (χ0v) is 21.8. The SMILES string of the molecule is CC(C)(C)OC(=O)N1CCCC(C(=O)Nc2ccc(N3CCCC(C(=O)N4CCCC4)C3)nc2N)C1. The van der Waals surface area contributed by atoms with Crippen molar-refractivity contribution in [3.63, 3.8) is 0 Å². The molecule has 4 heterocycles. The molecule has 36 heavy (non-hydrogen) atoms. The number of hydrogen-bond donors (Lipinski definition) is 2. The minimum atomic E-state index is -0.579. The van der Waals surface area contributed by atoms with E-state index >= 15 is 0 Å². The number of nitrogens with zero attached hydrogens (tertiary/aromatic N) is 4. The topological polar surface area (TPSA) is 121 Å². The van der Waals surface area contributed by atoms with E-state index in [4.69, 9.17) is 10.5 Å². The van der Waals surface area contributed by atoms with Gasteiger partial charge < -0.3 is 30.5 Å². The summed E-state index contributed by atoms with van der Waals surface area (Å²) < 4.78 is 5.46. The summed E-state index contributed by atoms with van der Waals surface area (Å²) >= 11 is 0. The smallest absolute Gasteiger partial charge is 0.410 e. The monoisotopic (exact) mass is 500 g/mol. The summed E-state index contributed by atoms with van der Waals surface area (Å²) in [5.41, 5.74) is 6.11. The number of piperidine rings is 2. The number of carbonyl (C=O) groups is 3. The van der Waals surface area contributed by atoms with Crippen molar-refractivity contribution in [1.29, 1.82) is 0 Å². The van der Waals surface area contributed by atoms with E-state index in [9.17, 15) is 14.4 Å². The number of nitrogen functional groups attached to an aromatic ring is 1. The van der Waals surface area contributed by atoms with Crippen LogP contribution < -0.4 is 16.0 Å². The second kappa shape index (κ2) is 10.9. The fraction of sp³-hybridized carbons (Fsp3) is 0.692. The average molecular weight is 501 g/mol. The number of nitrogens with one attached hydrogen (secondary N) is 1. The predicted octanol–water partition coefficient (Wildman–Crippen LogP) is 3.09. The number of amides is 3. The van der Waals surface area contributed by atoms with Crippen molar-refractivity contribution in [2.45, 2.75) is 64.9 Å². The van der Waals surface area contributed by atoms with Gasteiger partial charge in [0.1, 0.15) is 17.2 Å². The highest BCUT2D eigenvalue weighted by Crippen LogP contribution is 2.28. The van der Waals surface area contributed by atoms with E-state index in [0.717, 1.165) is 57.6 Å². The Bertz CT molecular complexity index is 972. The van der Waals surface area contributed by atoms with Gasteiger partial charge in [-0.2, -0.15) is 0 Å². The van der Waals surface area contributed by atoms with Crippen LogP contribution in [0.25, 0.3) is 0 Å². The van der Waals surface area contributed by atoms with Crippen LogP contribution in [0.3, 0.4) is 0 Å². The summed E-state index contributed by atoms with van der Waals surface area (Å²) in [7, 11) is 0. The number of anilines is 3. The molecular weight excluding hydrogens is 460 g/mol. The molecule has 0 spiro atoms. The minimum absolute atomic E-state index is 0.0153. The Morgan fingerprint density at radius 3 is 2.31 bits per heavy atom. The van der Waals surface area contributed by atoms with Crippen LogP contribution in [0, 0.1) is 11.8 Å². The van der Waals surface area contributed by atoms with Crippen LogP contribution in [-0.2, 0) is 14.3 Å². The van der Waals surface area contributed by atoms with E-state index in [-0.39, 0.29) is 29.5 Å². The molecule has 3 saturated heterocycles. The number of aromatic nitrogens is 1. The lowest BCUT2D eigenvalue weighted by molar-refractivity contribution is -0.134. The predicted molar refractivity (Wildman–Crippen MR) is 139 cm³/mol. The van der Waals surface area contributed by atoms with Gasteiger partial charge in [0, 0.05) is 39.3 Å². The van der Waals surface area contributed by atoms with Crippen LogP contribution in [0.5, 0.6) is 0 Å². The maximum atomic E-state index is 13.0. The zero-order chi connectivity index (χ0) is 25.9. The molecular formula is C26H40N6O4. The second-order valence-corrected chi connectivity index (χ2v) is 11.2. The highest BCUT2D eigenvalue weighted by molar-refractivity contribution is 5.95. The lowest BCUT2D eigenvalue weighted by Crippen LogP contribution is -2.45. The first-order valence-electron chi connectivity index (χ1n) is 13.2. The number of rotatable bonds is 4. The summed E-state index contributed by atoms with van der Waals surface area (Å²) in [5.74, 6) is 0.677. The van der Waals surface area contributed by atoms with Crippen molar-refractivity contribution in [2.75, 3.05) is 55.2 Å². The van der Waals surface area contributed by atoms with Gasteiger partial charge in [-0.25, -0.2) is 9.78 Å². The van der Waals surface area contributed by atoms with Gasteiger partial charge in [-0.05, 0) is 71.4 Å². The summed E-state index contributed by atoms with van der Waals surface area (Å²) in [6.07, 6.45) is 5.04. The average Bonchev–Trinajstić information content (AvgIpc) is 3.39. The molecule has 0 aromatic carbocycles. The molecule has 0 bridgehead atoms. The summed E-state index contributed by atoms with van der Waals surface area (Å²) in [6, 6.07) is 3.62. The molecule has 10 nitrogen and oxygen atoms in total. The molecule has 3 fully saturated rings. The van der Waals surface area contributed by atoms with E-state index in [2.05, 4.69) is 15.2 Å². The first kappa shape index (κ1) is 26.0. The number of nitrogens with two attached hydrogens (primary N) is 1. The van der Waals surface area contributed by atoms with Crippen molar-refractivity contribution in [1.82, 2.24) is 14.8 Å². The van der Waals surface area contributed by atoms with Crippen LogP contribution in [0.1, 0.15) is 59.3 Å². The maximum Gasteiger partial charge on any atom is 0.410 e. The normalized spacial score (nSPS) is 22.9. The van der Waals surface area contributed by atoms with E-state index in [1.807, 2.05) is 31.7 Å². The molecule has 4 rings (SSSR count). The molecule has 10 heteroatoms. The molecule has 1 aromatic rings. The van der Waals surface area contributed by atoms with Crippen molar-refractivity contribution in [2.24, 2.45) is 11.8 Å². The number of hydrogen-bond acceptors (Lipinski definition) is 7. The molecule has 3 aliphatic rings. The standard InChI is InChI=1S/C26H40N6O4/c1-26(2,3)36-25(35)32-15-6-8-18(16-32)23(33)28-20-10-11-21(29-22(20)27)31-14-7-9-19(17-31)24(34)30-12-4-5-13-30/h10-11,18-19H,4-9,12-17H2,1-3H3,(H2,27,29)(H,28,33). The summed E-state index contributed by atoms with van der Waals surface area (Å²) in [5, 5.41) is 2.90. The molecule has 0 radical (unpaired) electrons. The number of carbonyl (C=O) groups excluding carboxylic acids is 3. The third-order valence-corrected chi connectivity index (χ3v) is 7.12.